The van der Waals surface area contributed by atoms with E-state index in [-0.39, 0.29) is 11.6 Å². The van der Waals surface area contributed by atoms with Crippen molar-refractivity contribution in [2.45, 2.75) is 12.7 Å². The average Bonchev–Trinajstić information content (AvgIpc) is 3.16. The third-order valence-electron chi connectivity index (χ3n) is 4.86. The van der Waals surface area contributed by atoms with Gasteiger partial charge in [-0.2, -0.15) is 27.8 Å². The van der Waals surface area contributed by atoms with E-state index >= 15 is 0 Å². The second-order valence-electron chi connectivity index (χ2n) is 6.69. The number of nitrogens with zero attached hydrogens (tertiary/aromatic N) is 6. The van der Waals surface area contributed by atoms with Gasteiger partial charge in [0.1, 0.15) is 23.7 Å². The Kier molecular flexibility index (Phi) is 4.99. The van der Waals surface area contributed by atoms with Crippen molar-refractivity contribution in [3.8, 4) is 5.75 Å². The first-order valence-corrected chi connectivity index (χ1v) is 8.93. The van der Waals surface area contributed by atoms with E-state index in [1.54, 1.807) is 6.07 Å². The number of hydrogen-bond donors (Lipinski definition) is 0. The van der Waals surface area contributed by atoms with E-state index < -0.39 is 11.9 Å². The molecule has 0 bridgehead atoms. The van der Waals surface area contributed by atoms with Crippen LogP contribution in [0, 0.1) is 5.82 Å². The fraction of sp³-hybridized carbons (Fsp3) is 0.389. The number of alkyl halides is 3. The standard InChI is InChI=1S/C18H18F4N6O/c1-29-14-3-2-13(19)8-12(14)10-26-4-6-27(7-5-26)16-9-15(18(20,21)22)25-17-23-11-24-28(16)17/h2-3,8-9,11H,4-7,10H2,1H3. The van der Waals surface area contributed by atoms with Crippen LogP contribution in [0.2, 0.25) is 0 Å². The van der Waals surface area contributed by atoms with Crippen molar-refractivity contribution >= 4 is 11.6 Å². The Labute approximate surface area is 163 Å². The molecule has 0 amide bonds. The van der Waals surface area contributed by atoms with Gasteiger partial charge in [-0.3, -0.25) is 4.90 Å². The van der Waals surface area contributed by atoms with Crippen molar-refractivity contribution in [2.75, 3.05) is 38.2 Å². The topological polar surface area (TPSA) is 58.8 Å². The molecule has 0 atom stereocenters. The van der Waals surface area contributed by atoms with E-state index in [1.165, 1.54) is 30.1 Å². The first kappa shape index (κ1) is 19.4. The van der Waals surface area contributed by atoms with E-state index in [0.29, 0.717) is 44.3 Å². The molecule has 3 aromatic rings. The molecule has 0 unspecified atom stereocenters. The van der Waals surface area contributed by atoms with Gasteiger partial charge in [-0.25, -0.2) is 9.37 Å². The van der Waals surface area contributed by atoms with E-state index in [1.807, 2.05) is 4.90 Å². The maximum absolute atomic E-state index is 13.6. The summed E-state index contributed by atoms with van der Waals surface area (Å²) in [6.45, 7) is 2.61. The quantitative estimate of drug-likeness (QED) is 0.617. The Morgan fingerprint density at radius 1 is 1.10 bits per heavy atom. The predicted molar refractivity (Wildman–Crippen MR) is 96.2 cm³/mol. The smallest absolute Gasteiger partial charge is 0.433 e. The van der Waals surface area contributed by atoms with Crippen molar-refractivity contribution in [3.05, 3.63) is 47.7 Å². The van der Waals surface area contributed by atoms with Gasteiger partial charge in [0.05, 0.1) is 7.11 Å². The van der Waals surface area contributed by atoms with Gasteiger partial charge in [0.25, 0.3) is 5.78 Å². The Hall–Kier alpha value is -2.95. The molecule has 1 aliphatic heterocycles. The SMILES string of the molecule is COc1ccc(F)cc1CN1CCN(c2cc(C(F)(F)F)nc3ncnn23)CC1. The first-order valence-electron chi connectivity index (χ1n) is 8.93. The molecule has 1 aliphatic rings. The number of benzene rings is 1. The van der Waals surface area contributed by atoms with Crippen molar-refractivity contribution in [2.24, 2.45) is 0 Å². The minimum Gasteiger partial charge on any atom is -0.496 e. The van der Waals surface area contributed by atoms with Crippen LogP contribution in [0.1, 0.15) is 11.3 Å². The lowest BCUT2D eigenvalue weighted by molar-refractivity contribution is -0.141. The lowest BCUT2D eigenvalue weighted by atomic mass is 10.1. The van der Waals surface area contributed by atoms with E-state index in [4.69, 9.17) is 4.74 Å². The van der Waals surface area contributed by atoms with Crippen LogP contribution in [0.3, 0.4) is 0 Å². The lowest BCUT2D eigenvalue weighted by Gasteiger charge is -2.36. The summed E-state index contributed by atoms with van der Waals surface area (Å²) in [5.74, 6) is 0.455. The highest BCUT2D eigenvalue weighted by molar-refractivity contribution is 5.48. The molecule has 0 spiro atoms. The number of fused-ring (bicyclic) bond motifs is 1. The van der Waals surface area contributed by atoms with E-state index in [2.05, 4.69) is 20.0 Å². The van der Waals surface area contributed by atoms with Crippen molar-refractivity contribution in [1.82, 2.24) is 24.5 Å². The van der Waals surface area contributed by atoms with Gasteiger partial charge in [-0.15, -0.1) is 0 Å². The molecule has 11 heteroatoms. The van der Waals surface area contributed by atoms with Gasteiger partial charge in [0.2, 0.25) is 0 Å². The van der Waals surface area contributed by atoms with Crippen LogP contribution in [0.5, 0.6) is 5.75 Å². The van der Waals surface area contributed by atoms with E-state index in [9.17, 15) is 17.6 Å². The van der Waals surface area contributed by atoms with Crippen LogP contribution in [-0.2, 0) is 12.7 Å². The van der Waals surface area contributed by atoms with Crippen LogP contribution in [-0.4, -0.2) is 57.8 Å². The summed E-state index contributed by atoms with van der Waals surface area (Å²) in [6.07, 6.45) is -3.39. The highest BCUT2D eigenvalue weighted by atomic mass is 19.4. The maximum atomic E-state index is 13.6. The molecule has 0 N–H and O–H groups in total. The number of rotatable bonds is 4. The van der Waals surface area contributed by atoms with Crippen LogP contribution < -0.4 is 9.64 Å². The van der Waals surface area contributed by atoms with Crippen LogP contribution in [0.4, 0.5) is 23.4 Å². The van der Waals surface area contributed by atoms with Gasteiger partial charge in [0, 0.05) is 44.4 Å². The third-order valence-corrected chi connectivity index (χ3v) is 4.86. The molecule has 1 aromatic carbocycles. The number of piperazine rings is 1. The summed E-state index contributed by atoms with van der Waals surface area (Å²) in [5, 5.41) is 4.00. The molecule has 154 valence electrons. The molecule has 0 radical (unpaired) electrons. The number of aromatic nitrogens is 4. The molecule has 0 aliphatic carbocycles. The Bertz CT molecular complexity index is 1010. The molecule has 7 nitrogen and oxygen atoms in total. The molecule has 1 saturated heterocycles. The minimum absolute atomic E-state index is 0.0956. The second-order valence-corrected chi connectivity index (χ2v) is 6.69. The molecular formula is C18H18F4N6O. The summed E-state index contributed by atoms with van der Waals surface area (Å²) in [4.78, 5) is 11.3. The van der Waals surface area contributed by atoms with Crippen LogP contribution in [0.15, 0.2) is 30.6 Å². The summed E-state index contributed by atoms with van der Waals surface area (Å²) in [6, 6.07) is 5.35. The molecule has 4 rings (SSSR count). The van der Waals surface area contributed by atoms with Crippen LogP contribution >= 0.6 is 0 Å². The molecule has 3 heterocycles. The fourth-order valence-electron chi connectivity index (χ4n) is 3.41. The van der Waals surface area contributed by atoms with Gasteiger partial charge in [0.15, 0.2) is 5.69 Å². The number of ether oxygens (including phenoxy) is 1. The molecular weight excluding hydrogens is 392 g/mol. The lowest BCUT2D eigenvalue weighted by Crippen LogP contribution is -2.46. The Morgan fingerprint density at radius 3 is 2.55 bits per heavy atom. The Balaban J connectivity index is 1.52. The monoisotopic (exact) mass is 410 g/mol. The van der Waals surface area contributed by atoms with Crippen LogP contribution in [0.25, 0.3) is 5.78 Å². The molecule has 2 aromatic heterocycles. The largest absolute Gasteiger partial charge is 0.496 e. The van der Waals surface area contributed by atoms with Crippen molar-refractivity contribution < 1.29 is 22.3 Å². The summed E-state index contributed by atoms with van der Waals surface area (Å²) in [7, 11) is 1.53. The zero-order valence-electron chi connectivity index (χ0n) is 15.5. The first-order chi connectivity index (χ1) is 13.8. The zero-order chi connectivity index (χ0) is 20.6. The number of hydrogen-bond acceptors (Lipinski definition) is 6. The summed E-state index contributed by atoms with van der Waals surface area (Å²) in [5.41, 5.74) is -0.275. The van der Waals surface area contributed by atoms with Gasteiger partial charge in [-0.05, 0) is 18.2 Å². The highest BCUT2D eigenvalue weighted by Crippen LogP contribution is 2.31. The normalized spacial score (nSPS) is 15.8. The third kappa shape index (κ3) is 3.95. The average molecular weight is 410 g/mol. The van der Waals surface area contributed by atoms with Crippen molar-refractivity contribution in [1.29, 1.82) is 0 Å². The number of methoxy groups -OCH3 is 1. The van der Waals surface area contributed by atoms with Gasteiger partial charge in [-0.1, -0.05) is 0 Å². The Morgan fingerprint density at radius 2 is 1.86 bits per heavy atom. The van der Waals surface area contributed by atoms with Gasteiger partial charge < -0.3 is 9.64 Å². The minimum atomic E-state index is -4.57. The molecule has 29 heavy (non-hydrogen) atoms. The predicted octanol–water partition coefficient (Wildman–Crippen LogP) is 2.61. The summed E-state index contributed by atoms with van der Waals surface area (Å²) < 4.78 is 59.7. The fourth-order valence-corrected chi connectivity index (χ4v) is 3.41. The summed E-state index contributed by atoms with van der Waals surface area (Å²) >= 11 is 0. The van der Waals surface area contributed by atoms with Gasteiger partial charge >= 0.3 is 6.18 Å². The van der Waals surface area contributed by atoms with Crippen molar-refractivity contribution in [3.63, 3.8) is 0 Å². The zero-order valence-corrected chi connectivity index (χ0v) is 15.5. The second kappa shape index (κ2) is 7.47. The number of anilines is 1. The van der Waals surface area contributed by atoms with E-state index in [0.717, 1.165) is 11.6 Å². The number of halogens is 4. The molecule has 0 saturated carbocycles. The molecule has 1 fully saturated rings. The highest BCUT2D eigenvalue weighted by Gasteiger charge is 2.35. The maximum Gasteiger partial charge on any atom is 0.433 e.